The summed E-state index contributed by atoms with van der Waals surface area (Å²) in [4.78, 5) is 14.1. The highest BCUT2D eigenvalue weighted by molar-refractivity contribution is 7.13. The van der Waals surface area contributed by atoms with Gasteiger partial charge >= 0.3 is 12.4 Å². The maximum absolute atomic E-state index is 12.9. The van der Waals surface area contributed by atoms with E-state index in [0.717, 1.165) is 11.3 Å². The maximum atomic E-state index is 12.9. The Labute approximate surface area is 118 Å². The van der Waals surface area contributed by atoms with Crippen molar-refractivity contribution in [1.29, 1.82) is 0 Å². The summed E-state index contributed by atoms with van der Waals surface area (Å²) in [6, 6.07) is 1.29. The van der Waals surface area contributed by atoms with Crippen LogP contribution in [0.2, 0.25) is 0 Å². The van der Waals surface area contributed by atoms with Crippen molar-refractivity contribution in [2.45, 2.75) is 12.4 Å². The smallest absolute Gasteiger partial charge is 0.296 e. The predicted octanol–water partition coefficient (Wildman–Crippen LogP) is 4.66. The van der Waals surface area contributed by atoms with Crippen molar-refractivity contribution in [2.24, 2.45) is 0 Å². The van der Waals surface area contributed by atoms with Crippen LogP contribution in [0.1, 0.15) is 21.6 Å². The van der Waals surface area contributed by atoms with Crippen molar-refractivity contribution < 1.29 is 31.1 Å². The first-order valence-electron chi connectivity index (χ1n) is 5.32. The van der Waals surface area contributed by atoms with E-state index in [1.54, 1.807) is 0 Å². The molecular formula is C12H5F6NOS. The van der Waals surface area contributed by atoms with Gasteiger partial charge in [0.05, 0.1) is 11.1 Å². The Morgan fingerprint density at radius 1 is 1.05 bits per heavy atom. The van der Waals surface area contributed by atoms with Gasteiger partial charge in [0.2, 0.25) is 0 Å². The molecule has 0 fully saturated rings. The lowest BCUT2D eigenvalue weighted by molar-refractivity contribution is -0.142. The zero-order valence-corrected chi connectivity index (χ0v) is 10.7. The molecule has 0 radical (unpaired) electrons. The summed E-state index contributed by atoms with van der Waals surface area (Å²) in [6.45, 7) is 0. The van der Waals surface area contributed by atoms with Gasteiger partial charge in [-0.3, -0.25) is 4.79 Å². The van der Waals surface area contributed by atoms with E-state index in [-0.39, 0.29) is 16.8 Å². The highest BCUT2D eigenvalue weighted by Crippen LogP contribution is 2.41. The van der Waals surface area contributed by atoms with E-state index in [2.05, 4.69) is 4.98 Å². The highest BCUT2D eigenvalue weighted by atomic mass is 32.1. The molecule has 112 valence electrons. The summed E-state index contributed by atoms with van der Waals surface area (Å²) in [7, 11) is 0. The summed E-state index contributed by atoms with van der Waals surface area (Å²) in [6.07, 6.45) is -9.50. The SMILES string of the molecule is O=Cc1csc(-c2ccc(C(F)(F)F)cc2C(F)(F)F)n1. The lowest BCUT2D eigenvalue weighted by atomic mass is 10.0. The first-order chi connectivity index (χ1) is 9.63. The van der Waals surface area contributed by atoms with Crippen LogP contribution < -0.4 is 0 Å². The second-order valence-electron chi connectivity index (χ2n) is 3.95. The third-order valence-corrected chi connectivity index (χ3v) is 3.42. The average Bonchev–Trinajstić information content (AvgIpc) is 2.84. The molecule has 0 amide bonds. The van der Waals surface area contributed by atoms with Gasteiger partial charge in [-0.25, -0.2) is 4.98 Å². The number of aromatic nitrogens is 1. The number of hydrogen-bond donors (Lipinski definition) is 0. The van der Waals surface area contributed by atoms with Crippen molar-refractivity contribution in [1.82, 2.24) is 4.98 Å². The molecule has 2 rings (SSSR count). The largest absolute Gasteiger partial charge is 0.417 e. The molecule has 0 N–H and O–H groups in total. The maximum Gasteiger partial charge on any atom is 0.417 e. The lowest BCUT2D eigenvalue weighted by Gasteiger charge is -2.14. The number of aldehydes is 1. The Morgan fingerprint density at radius 3 is 2.19 bits per heavy atom. The molecule has 0 saturated carbocycles. The molecule has 0 unspecified atom stereocenters. The van der Waals surface area contributed by atoms with E-state index < -0.39 is 29.0 Å². The van der Waals surface area contributed by atoms with Crippen LogP contribution in [0.25, 0.3) is 10.6 Å². The number of hydrogen-bond acceptors (Lipinski definition) is 3. The first-order valence-corrected chi connectivity index (χ1v) is 6.20. The van der Waals surface area contributed by atoms with Gasteiger partial charge in [-0.2, -0.15) is 26.3 Å². The van der Waals surface area contributed by atoms with Gasteiger partial charge in [0.15, 0.2) is 6.29 Å². The summed E-state index contributed by atoms with van der Waals surface area (Å²) in [5.41, 5.74) is -3.41. The Balaban J connectivity index is 2.63. The number of thiazole rings is 1. The monoisotopic (exact) mass is 325 g/mol. The van der Waals surface area contributed by atoms with Crippen LogP contribution >= 0.6 is 11.3 Å². The summed E-state index contributed by atoms with van der Waals surface area (Å²) in [5.74, 6) is 0. The minimum Gasteiger partial charge on any atom is -0.296 e. The van der Waals surface area contributed by atoms with E-state index in [4.69, 9.17) is 0 Å². The van der Waals surface area contributed by atoms with Gasteiger partial charge in [-0.1, -0.05) is 6.07 Å². The van der Waals surface area contributed by atoms with E-state index in [9.17, 15) is 31.1 Å². The molecule has 0 aliphatic heterocycles. The van der Waals surface area contributed by atoms with Gasteiger partial charge in [-0.15, -0.1) is 11.3 Å². The van der Waals surface area contributed by atoms with Crippen LogP contribution in [-0.4, -0.2) is 11.3 Å². The van der Waals surface area contributed by atoms with Crippen molar-refractivity contribution in [2.75, 3.05) is 0 Å². The van der Waals surface area contributed by atoms with Crippen molar-refractivity contribution in [3.63, 3.8) is 0 Å². The third kappa shape index (κ3) is 3.23. The molecular weight excluding hydrogens is 320 g/mol. The highest BCUT2D eigenvalue weighted by Gasteiger charge is 2.38. The fourth-order valence-electron chi connectivity index (χ4n) is 1.61. The topological polar surface area (TPSA) is 30.0 Å². The van der Waals surface area contributed by atoms with Crippen molar-refractivity contribution in [3.8, 4) is 10.6 Å². The Bertz CT molecular complexity index is 673. The van der Waals surface area contributed by atoms with Gasteiger partial charge in [0, 0.05) is 10.9 Å². The molecule has 1 aromatic heterocycles. The zero-order valence-electron chi connectivity index (χ0n) is 9.92. The van der Waals surface area contributed by atoms with Gasteiger partial charge in [-0.05, 0) is 12.1 Å². The minimum atomic E-state index is -4.97. The number of benzene rings is 1. The molecule has 1 heterocycles. The first kappa shape index (κ1) is 15.5. The average molecular weight is 325 g/mol. The van der Waals surface area contributed by atoms with Gasteiger partial charge in [0.1, 0.15) is 10.7 Å². The number of alkyl halides is 6. The number of carbonyl (C=O) groups excluding carboxylic acids is 1. The summed E-state index contributed by atoms with van der Waals surface area (Å²) in [5, 5.41) is 1.05. The molecule has 0 aliphatic rings. The van der Waals surface area contributed by atoms with Crippen LogP contribution in [-0.2, 0) is 12.4 Å². The number of halogens is 6. The molecule has 0 bridgehead atoms. The fourth-order valence-corrected chi connectivity index (χ4v) is 2.41. The number of carbonyl (C=O) groups is 1. The van der Waals surface area contributed by atoms with Crippen LogP contribution in [0.5, 0.6) is 0 Å². The summed E-state index contributed by atoms with van der Waals surface area (Å²) >= 11 is 0.747. The Kier molecular flexibility index (Phi) is 3.79. The van der Waals surface area contributed by atoms with Gasteiger partial charge < -0.3 is 0 Å². The standard InChI is InChI=1S/C12H5F6NOS/c13-11(14,15)6-1-2-8(9(3-6)12(16,17)18)10-19-7(4-20)5-21-10/h1-5H. The lowest BCUT2D eigenvalue weighted by Crippen LogP contribution is -2.12. The molecule has 0 saturated heterocycles. The molecule has 0 atom stereocenters. The Hall–Kier alpha value is -1.90. The number of rotatable bonds is 2. The van der Waals surface area contributed by atoms with E-state index in [0.29, 0.717) is 18.4 Å². The molecule has 1 aromatic carbocycles. The molecule has 2 aromatic rings. The van der Waals surface area contributed by atoms with Crippen LogP contribution in [0.3, 0.4) is 0 Å². The molecule has 0 aliphatic carbocycles. The number of nitrogens with zero attached hydrogens (tertiary/aromatic N) is 1. The van der Waals surface area contributed by atoms with Crippen LogP contribution in [0, 0.1) is 0 Å². The second-order valence-corrected chi connectivity index (χ2v) is 4.81. The van der Waals surface area contributed by atoms with Gasteiger partial charge in [0.25, 0.3) is 0 Å². The third-order valence-electron chi connectivity index (χ3n) is 2.53. The molecule has 21 heavy (non-hydrogen) atoms. The quantitative estimate of drug-likeness (QED) is 0.594. The summed E-state index contributed by atoms with van der Waals surface area (Å²) < 4.78 is 76.4. The molecule has 0 spiro atoms. The normalized spacial score (nSPS) is 12.5. The fraction of sp³-hybridized carbons (Fsp3) is 0.167. The van der Waals surface area contributed by atoms with E-state index >= 15 is 0 Å². The van der Waals surface area contributed by atoms with Crippen LogP contribution in [0.15, 0.2) is 23.6 Å². The van der Waals surface area contributed by atoms with E-state index in [1.807, 2.05) is 0 Å². The van der Waals surface area contributed by atoms with Crippen LogP contribution in [0.4, 0.5) is 26.3 Å². The second kappa shape index (κ2) is 5.14. The predicted molar refractivity (Wildman–Crippen MR) is 62.9 cm³/mol. The molecule has 9 heteroatoms. The van der Waals surface area contributed by atoms with Crippen molar-refractivity contribution >= 4 is 17.6 Å². The minimum absolute atomic E-state index is 0.0390. The zero-order chi connectivity index (χ0) is 15.8. The Morgan fingerprint density at radius 2 is 1.71 bits per heavy atom. The molecule has 2 nitrogen and oxygen atoms in total. The van der Waals surface area contributed by atoms with Crippen molar-refractivity contribution in [3.05, 3.63) is 40.4 Å². The van der Waals surface area contributed by atoms with E-state index in [1.165, 1.54) is 5.38 Å².